The van der Waals surface area contributed by atoms with Crippen LogP contribution in [0.1, 0.15) is 16.7 Å². The summed E-state index contributed by atoms with van der Waals surface area (Å²) in [6.45, 7) is 3.78. The molecule has 0 saturated heterocycles. The SMILES string of the molecule is Cc1ccc(N(CC(=O)NCCSCc2c(F)cccc2Cl)S(=O)(=O)c2ccccc2)cc1C. The Hall–Kier alpha value is -2.55. The van der Waals surface area contributed by atoms with E-state index in [0.717, 1.165) is 15.4 Å². The van der Waals surface area contributed by atoms with E-state index in [1.54, 1.807) is 42.5 Å². The molecule has 1 amide bonds. The Labute approximate surface area is 209 Å². The molecule has 3 rings (SSSR count). The number of halogens is 2. The first-order valence-corrected chi connectivity index (χ1v) is 13.6. The first-order chi connectivity index (χ1) is 16.2. The molecule has 0 bridgehead atoms. The van der Waals surface area contributed by atoms with Crippen LogP contribution in [0.4, 0.5) is 10.1 Å². The average molecular weight is 521 g/mol. The highest BCUT2D eigenvalue weighted by atomic mass is 35.5. The lowest BCUT2D eigenvalue weighted by Gasteiger charge is -2.25. The zero-order valence-corrected chi connectivity index (χ0v) is 21.3. The summed E-state index contributed by atoms with van der Waals surface area (Å²) >= 11 is 7.46. The molecule has 0 spiro atoms. The first kappa shape index (κ1) is 26.1. The molecule has 5 nitrogen and oxygen atoms in total. The van der Waals surface area contributed by atoms with Gasteiger partial charge in [-0.1, -0.05) is 41.9 Å². The van der Waals surface area contributed by atoms with Crippen LogP contribution in [0.25, 0.3) is 0 Å². The fraction of sp³-hybridized carbons (Fsp3) is 0.240. The summed E-state index contributed by atoms with van der Waals surface area (Å²) in [6, 6.07) is 17.9. The molecule has 0 saturated carbocycles. The molecule has 0 aliphatic rings. The zero-order valence-electron chi connectivity index (χ0n) is 18.9. The van der Waals surface area contributed by atoms with E-state index in [9.17, 15) is 17.6 Å². The van der Waals surface area contributed by atoms with Gasteiger partial charge in [-0.25, -0.2) is 12.8 Å². The fourth-order valence-electron chi connectivity index (χ4n) is 3.21. The molecule has 0 fully saturated rings. The molecule has 0 aromatic heterocycles. The van der Waals surface area contributed by atoms with Gasteiger partial charge in [0.1, 0.15) is 12.4 Å². The van der Waals surface area contributed by atoms with Gasteiger partial charge in [-0.05, 0) is 61.4 Å². The zero-order chi connectivity index (χ0) is 24.7. The van der Waals surface area contributed by atoms with E-state index in [2.05, 4.69) is 5.32 Å². The van der Waals surface area contributed by atoms with Crippen molar-refractivity contribution in [3.8, 4) is 0 Å². The molecule has 3 aromatic carbocycles. The van der Waals surface area contributed by atoms with Gasteiger partial charge in [-0.15, -0.1) is 0 Å². The number of rotatable bonds is 10. The Morgan fingerprint density at radius 3 is 2.44 bits per heavy atom. The second-order valence-corrected chi connectivity index (χ2v) is 11.1. The molecule has 0 aliphatic heterocycles. The number of thioether (sulfide) groups is 1. The number of benzene rings is 3. The molecule has 0 unspecified atom stereocenters. The largest absolute Gasteiger partial charge is 0.354 e. The molecule has 180 valence electrons. The molecule has 3 aromatic rings. The Kier molecular flexibility index (Phi) is 8.99. The molecule has 9 heteroatoms. The van der Waals surface area contributed by atoms with Crippen LogP contribution in [-0.2, 0) is 20.6 Å². The van der Waals surface area contributed by atoms with Gasteiger partial charge < -0.3 is 5.32 Å². The summed E-state index contributed by atoms with van der Waals surface area (Å²) in [4.78, 5) is 12.8. The highest BCUT2D eigenvalue weighted by molar-refractivity contribution is 7.98. The quantitative estimate of drug-likeness (QED) is 0.366. The number of anilines is 1. The number of hydrogen-bond acceptors (Lipinski definition) is 4. The lowest BCUT2D eigenvalue weighted by molar-refractivity contribution is -0.119. The maximum absolute atomic E-state index is 13.9. The van der Waals surface area contributed by atoms with E-state index in [1.165, 1.54) is 30.0 Å². The summed E-state index contributed by atoms with van der Waals surface area (Å²) in [5, 5.41) is 3.12. The van der Waals surface area contributed by atoms with Gasteiger partial charge in [0.25, 0.3) is 10.0 Å². The van der Waals surface area contributed by atoms with E-state index in [0.29, 0.717) is 34.3 Å². The number of aryl methyl sites for hydroxylation is 2. The molecule has 34 heavy (non-hydrogen) atoms. The molecule has 1 N–H and O–H groups in total. The lowest BCUT2D eigenvalue weighted by Crippen LogP contribution is -2.41. The number of amides is 1. The summed E-state index contributed by atoms with van der Waals surface area (Å²) in [5.74, 6) is 0.103. The van der Waals surface area contributed by atoms with E-state index in [1.807, 2.05) is 19.9 Å². The van der Waals surface area contributed by atoms with E-state index >= 15 is 0 Å². The number of nitrogens with zero attached hydrogens (tertiary/aromatic N) is 1. The first-order valence-electron chi connectivity index (χ1n) is 10.6. The van der Waals surface area contributed by atoms with Crippen LogP contribution < -0.4 is 9.62 Å². The maximum atomic E-state index is 13.9. The normalized spacial score (nSPS) is 11.3. The topological polar surface area (TPSA) is 66.5 Å². The standard InChI is InChI=1S/C25H26ClFN2O3S2/c1-18-11-12-20(15-19(18)2)29(34(31,32)21-7-4-3-5-8-21)16-25(30)28-13-14-33-17-22-23(26)9-6-10-24(22)27/h3-12,15H,13-14,16-17H2,1-2H3,(H,28,30). The molecular formula is C25H26ClFN2O3S2. The van der Waals surface area contributed by atoms with Crippen molar-refractivity contribution in [1.82, 2.24) is 5.32 Å². The van der Waals surface area contributed by atoms with Crippen LogP contribution in [0.2, 0.25) is 5.02 Å². The lowest BCUT2D eigenvalue weighted by atomic mass is 10.1. The van der Waals surface area contributed by atoms with E-state index in [-0.39, 0.29) is 17.3 Å². The number of sulfonamides is 1. The third kappa shape index (κ3) is 6.52. The van der Waals surface area contributed by atoms with Crippen molar-refractivity contribution in [2.75, 3.05) is 23.1 Å². The molecule has 0 heterocycles. The van der Waals surface area contributed by atoms with Gasteiger partial charge in [-0.2, -0.15) is 11.8 Å². The average Bonchev–Trinajstić information content (AvgIpc) is 2.81. The number of carbonyl (C=O) groups excluding carboxylic acids is 1. The molecule has 0 radical (unpaired) electrons. The van der Waals surface area contributed by atoms with Crippen molar-refractivity contribution in [2.24, 2.45) is 0 Å². The van der Waals surface area contributed by atoms with Crippen LogP contribution in [0.5, 0.6) is 0 Å². The minimum Gasteiger partial charge on any atom is -0.354 e. The summed E-state index contributed by atoms with van der Waals surface area (Å²) < 4.78 is 41.7. The van der Waals surface area contributed by atoms with Crippen LogP contribution in [0.3, 0.4) is 0 Å². The molecular weight excluding hydrogens is 495 g/mol. The van der Waals surface area contributed by atoms with Crippen LogP contribution in [0, 0.1) is 19.7 Å². The molecule has 0 aliphatic carbocycles. The van der Waals surface area contributed by atoms with E-state index in [4.69, 9.17) is 11.6 Å². The van der Waals surface area contributed by atoms with E-state index < -0.39 is 15.9 Å². The Balaban J connectivity index is 1.66. The fourth-order valence-corrected chi connectivity index (χ4v) is 5.84. The van der Waals surface area contributed by atoms with Crippen LogP contribution >= 0.6 is 23.4 Å². The van der Waals surface area contributed by atoms with Crippen molar-refractivity contribution >= 4 is 45.0 Å². The van der Waals surface area contributed by atoms with Gasteiger partial charge in [-0.3, -0.25) is 9.10 Å². The third-order valence-corrected chi connectivity index (χ3v) is 8.40. The van der Waals surface area contributed by atoms with Crippen LogP contribution in [0.15, 0.2) is 71.6 Å². The number of hydrogen-bond donors (Lipinski definition) is 1. The van der Waals surface area contributed by atoms with Gasteiger partial charge in [0.2, 0.25) is 5.91 Å². The predicted octanol–water partition coefficient (Wildman–Crippen LogP) is 5.34. The minimum absolute atomic E-state index is 0.110. The van der Waals surface area contributed by atoms with Gasteiger partial charge in [0.15, 0.2) is 0 Å². The van der Waals surface area contributed by atoms with Crippen LogP contribution in [-0.4, -0.2) is 33.2 Å². The monoisotopic (exact) mass is 520 g/mol. The van der Waals surface area contributed by atoms with Crippen molar-refractivity contribution in [3.63, 3.8) is 0 Å². The Morgan fingerprint density at radius 1 is 1.03 bits per heavy atom. The van der Waals surface area contributed by atoms with Crippen molar-refractivity contribution < 1.29 is 17.6 Å². The predicted molar refractivity (Wildman–Crippen MR) is 137 cm³/mol. The van der Waals surface area contributed by atoms with Crippen molar-refractivity contribution in [1.29, 1.82) is 0 Å². The molecule has 0 atom stereocenters. The number of nitrogens with one attached hydrogen (secondary N) is 1. The Bertz CT molecular complexity index is 1230. The minimum atomic E-state index is -3.95. The second kappa shape index (κ2) is 11.7. The highest BCUT2D eigenvalue weighted by Crippen LogP contribution is 2.26. The Morgan fingerprint density at radius 2 is 1.76 bits per heavy atom. The summed E-state index contributed by atoms with van der Waals surface area (Å²) in [5.41, 5.74) is 2.80. The van der Waals surface area contributed by atoms with Crippen molar-refractivity contribution in [2.45, 2.75) is 24.5 Å². The van der Waals surface area contributed by atoms with Gasteiger partial charge in [0, 0.05) is 28.6 Å². The van der Waals surface area contributed by atoms with Crippen molar-refractivity contribution in [3.05, 3.63) is 94.3 Å². The van der Waals surface area contributed by atoms with Gasteiger partial charge in [0.05, 0.1) is 10.6 Å². The highest BCUT2D eigenvalue weighted by Gasteiger charge is 2.27. The number of carbonyl (C=O) groups is 1. The smallest absolute Gasteiger partial charge is 0.264 e. The second-order valence-electron chi connectivity index (χ2n) is 7.70. The summed E-state index contributed by atoms with van der Waals surface area (Å²) in [7, 11) is -3.95. The third-order valence-electron chi connectivity index (χ3n) is 5.27. The van der Waals surface area contributed by atoms with Gasteiger partial charge >= 0.3 is 0 Å². The summed E-state index contributed by atoms with van der Waals surface area (Å²) in [6.07, 6.45) is 0. The maximum Gasteiger partial charge on any atom is 0.264 e.